The molecule has 1 saturated heterocycles. The molecular formula is C11H20N2O3. The van der Waals surface area contributed by atoms with Gasteiger partial charge in [-0.05, 0) is 25.8 Å². The van der Waals surface area contributed by atoms with Gasteiger partial charge in [0.05, 0.1) is 13.2 Å². The smallest absolute Gasteiger partial charge is 0.323 e. The highest BCUT2D eigenvalue weighted by atomic mass is 16.5. The van der Waals surface area contributed by atoms with Crippen LogP contribution in [-0.2, 0) is 14.3 Å². The van der Waals surface area contributed by atoms with Crippen LogP contribution in [0.1, 0.15) is 32.6 Å². The quantitative estimate of drug-likeness (QED) is 0.701. The number of likely N-dealkylation sites (tertiary alicyclic amines) is 1. The fraction of sp³-hybridized carbons (Fsp3) is 0.818. The molecule has 1 amide bonds. The van der Waals surface area contributed by atoms with Crippen LogP contribution in [0.3, 0.4) is 0 Å². The number of nitrogens with two attached hydrogens (primary N) is 1. The van der Waals surface area contributed by atoms with Gasteiger partial charge in [-0.3, -0.25) is 14.5 Å². The van der Waals surface area contributed by atoms with Crippen molar-refractivity contribution in [3.05, 3.63) is 0 Å². The lowest BCUT2D eigenvalue weighted by molar-refractivity contribution is -0.150. The maximum Gasteiger partial charge on any atom is 0.323 e. The molecule has 0 aromatic carbocycles. The van der Waals surface area contributed by atoms with Gasteiger partial charge >= 0.3 is 5.97 Å². The number of primary amides is 1. The predicted molar refractivity (Wildman–Crippen MR) is 59.6 cm³/mol. The van der Waals surface area contributed by atoms with E-state index >= 15 is 0 Å². The summed E-state index contributed by atoms with van der Waals surface area (Å²) in [7, 11) is 1.38. The van der Waals surface area contributed by atoms with Crippen molar-refractivity contribution in [2.24, 2.45) is 5.73 Å². The average Bonchev–Trinajstić information content (AvgIpc) is 2.29. The van der Waals surface area contributed by atoms with E-state index in [9.17, 15) is 9.59 Å². The van der Waals surface area contributed by atoms with Crippen LogP contribution in [0.4, 0.5) is 0 Å². The van der Waals surface area contributed by atoms with Crippen molar-refractivity contribution < 1.29 is 14.3 Å². The predicted octanol–water partition coefficient (Wildman–Crippen LogP) is 0.278. The maximum atomic E-state index is 11.6. The van der Waals surface area contributed by atoms with Crippen LogP contribution >= 0.6 is 0 Å². The fourth-order valence-electron chi connectivity index (χ4n) is 2.32. The van der Waals surface area contributed by atoms with E-state index in [0.29, 0.717) is 6.42 Å². The van der Waals surface area contributed by atoms with Crippen molar-refractivity contribution in [2.75, 3.05) is 13.7 Å². The fourth-order valence-corrected chi connectivity index (χ4v) is 2.32. The van der Waals surface area contributed by atoms with Gasteiger partial charge in [0, 0.05) is 0 Å². The van der Waals surface area contributed by atoms with Gasteiger partial charge < -0.3 is 10.5 Å². The molecule has 1 aliphatic heterocycles. The zero-order chi connectivity index (χ0) is 12.1. The average molecular weight is 228 g/mol. The molecule has 0 radical (unpaired) electrons. The Morgan fingerprint density at radius 1 is 1.50 bits per heavy atom. The Morgan fingerprint density at radius 2 is 2.19 bits per heavy atom. The Labute approximate surface area is 95.9 Å². The highest BCUT2D eigenvalue weighted by molar-refractivity contribution is 5.82. The first kappa shape index (κ1) is 13.0. The number of ether oxygens (including phenoxy) is 1. The third-order valence-electron chi connectivity index (χ3n) is 3.13. The van der Waals surface area contributed by atoms with Crippen molar-refractivity contribution in [1.29, 1.82) is 0 Å². The highest BCUT2D eigenvalue weighted by Gasteiger charge is 2.35. The van der Waals surface area contributed by atoms with Crippen molar-refractivity contribution in [1.82, 2.24) is 4.90 Å². The highest BCUT2D eigenvalue weighted by Crippen LogP contribution is 2.21. The van der Waals surface area contributed by atoms with Crippen molar-refractivity contribution in [3.63, 3.8) is 0 Å². The number of amides is 1. The number of methoxy groups -OCH3 is 1. The summed E-state index contributed by atoms with van der Waals surface area (Å²) in [6.45, 7) is 2.64. The van der Waals surface area contributed by atoms with Gasteiger partial charge in [-0.25, -0.2) is 0 Å². The zero-order valence-corrected chi connectivity index (χ0v) is 9.94. The Bertz CT molecular complexity index is 268. The minimum absolute atomic E-state index is 0.264. The number of piperidine rings is 1. The van der Waals surface area contributed by atoms with Gasteiger partial charge in [-0.15, -0.1) is 0 Å². The maximum absolute atomic E-state index is 11.6. The molecule has 0 aromatic heterocycles. The van der Waals surface area contributed by atoms with Gasteiger partial charge in [0.1, 0.15) is 6.04 Å². The summed E-state index contributed by atoms with van der Waals surface area (Å²) in [5.74, 6) is -0.627. The normalized spacial score (nSPS) is 23.8. The van der Waals surface area contributed by atoms with Crippen LogP contribution in [0.5, 0.6) is 0 Å². The molecule has 1 heterocycles. The zero-order valence-electron chi connectivity index (χ0n) is 9.94. The first-order valence-corrected chi connectivity index (χ1v) is 5.74. The second kappa shape index (κ2) is 5.84. The molecule has 2 atom stereocenters. The van der Waals surface area contributed by atoms with Crippen LogP contribution < -0.4 is 5.73 Å². The van der Waals surface area contributed by atoms with Gasteiger partial charge in [0.2, 0.25) is 5.91 Å². The van der Waals surface area contributed by atoms with E-state index in [4.69, 9.17) is 10.5 Å². The van der Waals surface area contributed by atoms with E-state index in [1.54, 1.807) is 0 Å². The summed E-state index contributed by atoms with van der Waals surface area (Å²) >= 11 is 0. The third-order valence-corrected chi connectivity index (χ3v) is 3.13. The monoisotopic (exact) mass is 228 g/mol. The van der Waals surface area contributed by atoms with Crippen LogP contribution in [0.25, 0.3) is 0 Å². The number of carbonyl (C=O) groups is 2. The number of hydrogen-bond acceptors (Lipinski definition) is 4. The van der Waals surface area contributed by atoms with Crippen molar-refractivity contribution >= 4 is 11.9 Å². The molecule has 0 spiro atoms. The lowest BCUT2D eigenvalue weighted by Crippen LogP contribution is -2.54. The topological polar surface area (TPSA) is 72.6 Å². The van der Waals surface area contributed by atoms with Crippen molar-refractivity contribution in [3.8, 4) is 0 Å². The summed E-state index contributed by atoms with van der Waals surface area (Å²) < 4.78 is 4.76. The third kappa shape index (κ3) is 2.72. The molecule has 0 aliphatic carbocycles. The van der Waals surface area contributed by atoms with Crippen LogP contribution in [0, 0.1) is 0 Å². The molecule has 2 N–H and O–H groups in total. The van der Waals surface area contributed by atoms with Gasteiger partial charge in [-0.2, -0.15) is 0 Å². The second-order valence-electron chi connectivity index (χ2n) is 4.10. The largest absolute Gasteiger partial charge is 0.468 e. The Kier molecular flexibility index (Phi) is 4.73. The molecule has 16 heavy (non-hydrogen) atoms. The first-order chi connectivity index (χ1) is 7.61. The molecule has 0 saturated carbocycles. The molecule has 1 fully saturated rings. The molecule has 0 bridgehead atoms. The minimum atomic E-state index is -0.363. The molecule has 1 aliphatic rings. The van der Waals surface area contributed by atoms with Crippen LogP contribution in [0.2, 0.25) is 0 Å². The lowest BCUT2D eigenvalue weighted by atomic mass is 9.98. The Balaban J connectivity index is 2.80. The van der Waals surface area contributed by atoms with E-state index in [0.717, 1.165) is 25.8 Å². The molecule has 0 aromatic rings. The summed E-state index contributed by atoms with van der Waals surface area (Å²) in [6.07, 6.45) is 3.36. The lowest BCUT2D eigenvalue weighted by Gasteiger charge is -2.37. The molecule has 1 rings (SSSR count). The van der Waals surface area contributed by atoms with Gasteiger partial charge in [0.15, 0.2) is 0 Å². The molecule has 5 nitrogen and oxygen atoms in total. The Hall–Kier alpha value is -1.10. The molecule has 5 heteroatoms. The van der Waals surface area contributed by atoms with Gasteiger partial charge in [-0.1, -0.05) is 13.3 Å². The summed E-state index contributed by atoms with van der Waals surface area (Å²) in [5, 5.41) is 0. The molecule has 2 unspecified atom stereocenters. The van der Waals surface area contributed by atoms with E-state index in [-0.39, 0.29) is 24.0 Å². The second-order valence-corrected chi connectivity index (χ2v) is 4.10. The van der Waals surface area contributed by atoms with E-state index < -0.39 is 0 Å². The minimum Gasteiger partial charge on any atom is -0.468 e. The Morgan fingerprint density at radius 3 is 2.69 bits per heavy atom. The van der Waals surface area contributed by atoms with Crippen LogP contribution in [0.15, 0.2) is 0 Å². The number of esters is 1. The van der Waals surface area contributed by atoms with E-state index in [1.807, 2.05) is 11.8 Å². The number of nitrogens with zero attached hydrogens (tertiary/aromatic N) is 1. The van der Waals surface area contributed by atoms with E-state index in [1.165, 1.54) is 7.11 Å². The number of rotatable bonds is 4. The standard InChI is InChI=1S/C11H20N2O3/c1-3-8(10(12)14)13-7-5-4-6-9(13)11(15)16-2/h8-9H,3-7H2,1-2H3,(H2,12,14). The number of hydrogen-bond donors (Lipinski definition) is 1. The first-order valence-electron chi connectivity index (χ1n) is 5.74. The summed E-state index contributed by atoms with van der Waals surface area (Å²) in [4.78, 5) is 24.8. The van der Waals surface area contributed by atoms with Gasteiger partial charge in [0.25, 0.3) is 0 Å². The van der Waals surface area contributed by atoms with Crippen LogP contribution in [-0.4, -0.2) is 42.5 Å². The van der Waals surface area contributed by atoms with Crippen molar-refractivity contribution in [2.45, 2.75) is 44.7 Å². The SMILES string of the molecule is CCC(C(N)=O)N1CCCCC1C(=O)OC. The van der Waals surface area contributed by atoms with E-state index in [2.05, 4.69) is 0 Å². The summed E-state index contributed by atoms with van der Waals surface area (Å²) in [5.41, 5.74) is 5.35. The molecule has 92 valence electrons. The number of carbonyl (C=O) groups excluding carboxylic acids is 2. The molecular weight excluding hydrogens is 208 g/mol. The summed E-state index contributed by atoms with van der Waals surface area (Å²) in [6, 6.07) is -0.666.